The second kappa shape index (κ2) is 5.10. The molecule has 0 aliphatic carbocycles. The number of nitrogens with zero attached hydrogens (tertiary/aromatic N) is 3. The molecule has 1 aliphatic heterocycles. The average molecular weight is 251 g/mol. The molecule has 0 radical (unpaired) electrons. The summed E-state index contributed by atoms with van der Waals surface area (Å²) in [6.45, 7) is 6.70. The van der Waals surface area contributed by atoms with Crippen LogP contribution in [0.4, 0.5) is 0 Å². The maximum atomic E-state index is 10.7. The molecule has 2 rings (SSSR count). The lowest BCUT2D eigenvalue weighted by molar-refractivity contribution is -0.137. The Kier molecular flexibility index (Phi) is 3.71. The molecule has 5 nitrogen and oxygen atoms in total. The van der Waals surface area contributed by atoms with E-state index in [0.29, 0.717) is 12.5 Å². The number of carboxylic acid groups (broad SMARTS) is 1. The number of aryl methyl sites for hydroxylation is 1. The Balaban J connectivity index is 2.31. The molecule has 0 aromatic carbocycles. The van der Waals surface area contributed by atoms with Gasteiger partial charge in [-0.1, -0.05) is 13.8 Å². The number of carbonyl (C=O) groups is 1. The van der Waals surface area contributed by atoms with Crippen molar-refractivity contribution in [2.45, 2.75) is 45.7 Å². The van der Waals surface area contributed by atoms with Crippen molar-refractivity contribution in [1.82, 2.24) is 14.7 Å². The van der Waals surface area contributed by atoms with Crippen LogP contribution < -0.4 is 0 Å². The van der Waals surface area contributed by atoms with Crippen molar-refractivity contribution < 1.29 is 9.90 Å². The highest BCUT2D eigenvalue weighted by Crippen LogP contribution is 2.26. The third-order valence-electron chi connectivity index (χ3n) is 3.44. The average Bonchev–Trinajstić information content (AvgIpc) is 2.64. The summed E-state index contributed by atoms with van der Waals surface area (Å²) in [6, 6.07) is 0. The van der Waals surface area contributed by atoms with E-state index in [0.717, 1.165) is 25.2 Å². The first-order chi connectivity index (χ1) is 8.49. The minimum Gasteiger partial charge on any atom is -0.481 e. The van der Waals surface area contributed by atoms with Gasteiger partial charge in [0, 0.05) is 30.8 Å². The maximum Gasteiger partial charge on any atom is 0.305 e. The lowest BCUT2D eigenvalue weighted by Gasteiger charge is -2.24. The third kappa shape index (κ3) is 2.56. The van der Waals surface area contributed by atoms with Gasteiger partial charge < -0.3 is 10.0 Å². The lowest BCUT2D eigenvalue weighted by Crippen LogP contribution is -2.28. The number of aromatic nitrogens is 2. The molecule has 0 fully saturated rings. The first-order valence-corrected chi connectivity index (χ1v) is 6.47. The molecule has 2 heterocycles. The fraction of sp³-hybridized carbons (Fsp3) is 0.692. The van der Waals surface area contributed by atoms with Crippen molar-refractivity contribution in [1.29, 1.82) is 0 Å². The first-order valence-electron chi connectivity index (χ1n) is 6.47. The number of carboxylic acids is 1. The van der Waals surface area contributed by atoms with Gasteiger partial charge in [0.1, 0.15) is 0 Å². The van der Waals surface area contributed by atoms with Gasteiger partial charge in [0.25, 0.3) is 0 Å². The van der Waals surface area contributed by atoms with Crippen LogP contribution in [0.15, 0.2) is 0 Å². The SMILES string of the molecule is CC(C)c1nn(CCC(=O)O)c2c1CN(C)CC2. The minimum absolute atomic E-state index is 0.140. The normalized spacial score (nSPS) is 16.0. The van der Waals surface area contributed by atoms with E-state index in [9.17, 15) is 4.79 Å². The van der Waals surface area contributed by atoms with Crippen LogP contribution in [0, 0.1) is 0 Å². The summed E-state index contributed by atoms with van der Waals surface area (Å²) >= 11 is 0. The fourth-order valence-corrected chi connectivity index (χ4v) is 2.50. The van der Waals surface area contributed by atoms with Gasteiger partial charge in [0.15, 0.2) is 0 Å². The maximum absolute atomic E-state index is 10.7. The van der Waals surface area contributed by atoms with Gasteiger partial charge >= 0.3 is 5.97 Å². The molecular weight excluding hydrogens is 230 g/mol. The van der Waals surface area contributed by atoms with Crippen LogP contribution in [0.2, 0.25) is 0 Å². The molecule has 0 spiro atoms. The summed E-state index contributed by atoms with van der Waals surface area (Å²) < 4.78 is 1.91. The molecule has 0 saturated carbocycles. The number of hydrogen-bond donors (Lipinski definition) is 1. The Morgan fingerprint density at radius 2 is 2.22 bits per heavy atom. The monoisotopic (exact) mass is 251 g/mol. The Morgan fingerprint density at radius 1 is 1.50 bits per heavy atom. The molecule has 0 amide bonds. The summed E-state index contributed by atoms with van der Waals surface area (Å²) in [5, 5.41) is 13.4. The highest BCUT2D eigenvalue weighted by Gasteiger charge is 2.24. The minimum atomic E-state index is -0.765. The van der Waals surface area contributed by atoms with Gasteiger partial charge in [-0.25, -0.2) is 0 Å². The topological polar surface area (TPSA) is 58.4 Å². The Morgan fingerprint density at radius 3 is 2.83 bits per heavy atom. The summed E-state index contributed by atoms with van der Waals surface area (Å²) in [5.41, 5.74) is 3.67. The molecule has 1 N–H and O–H groups in total. The van der Waals surface area contributed by atoms with E-state index < -0.39 is 5.97 Å². The van der Waals surface area contributed by atoms with Gasteiger partial charge in [-0.15, -0.1) is 0 Å². The van der Waals surface area contributed by atoms with Gasteiger partial charge in [-0.3, -0.25) is 9.48 Å². The molecular formula is C13H21N3O2. The van der Waals surface area contributed by atoms with E-state index >= 15 is 0 Å². The predicted molar refractivity (Wildman–Crippen MR) is 68.6 cm³/mol. The quantitative estimate of drug-likeness (QED) is 0.880. The Labute approximate surface area is 107 Å². The van der Waals surface area contributed by atoms with Gasteiger partial charge in [-0.05, 0) is 13.0 Å². The summed E-state index contributed by atoms with van der Waals surface area (Å²) in [6.07, 6.45) is 1.10. The van der Waals surface area contributed by atoms with Crippen LogP contribution in [0.3, 0.4) is 0 Å². The zero-order chi connectivity index (χ0) is 13.3. The second-order valence-corrected chi connectivity index (χ2v) is 5.32. The Bertz CT molecular complexity index is 451. The summed E-state index contributed by atoms with van der Waals surface area (Å²) in [4.78, 5) is 13.0. The largest absolute Gasteiger partial charge is 0.481 e. The van der Waals surface area contributed by atoms with E-state index in [1.807, 2.05) is 4.68 Å². The number of fused-ring (bicyclic) bond motifs is 1. The van der Waals surface area contributed by atoms with Crippen LogP contribution in [0.5, 0.6) is 0 Å². The van der Waals surface area contributed by atoms with Crippen molar-refractivity contribution in [2.24, 2.45) is 0 Å². The zero-order valence-corrected chi connectivity index (χ0v) is 11.3. The molecule has 1 aliphatic rings. The lowest BCUT2D eigenvalue weighted by atomic mass is 10.00. The van der Waals surface area contributed by atoms with Crippen LogP contribution >= 0.6 is 0 Å². The van der Waals surface area contributed by atoms with Crippen LogP contribution in [0.1, 0.15) is 43.1 Å². The van der Waals surface area contributed by atoms with E-state index in [2.05, 4.69) is 30.9 Å². The summed E-state index contributed by atoms with van der Waals surface area (Å²) in [5.74, 6) is -0.380. The number of aliphatic carboxylic acids is 1. The van der Waals surface area contributed by atoms with E-state index in [1.54, 1.807) is 0 Å². The standard InChI is InChI=1S/C13H21N3O2/c1-9(2)13-10-8-15(3)6-4-11(10)16(14-13)7-5-12(17)18/h9H,4-8H2,1-3H3,(H,17,18). The molecule has 0 unspecified atom stereocenters. The molecule has 0 saturated heterocycles. The van der Waals surface area contributed by atoms with Crippen molar-refractivity contribution in [3.8, 4) is 0 Å². The molecule has 0 atom stereocenters. The molecule has 18 heavy (non-hydrogen) atoms. The highest BCUT2D eigenvalue weighted by molar-refractivity contribution is 5.66. The third-order valence-corrected chi connectivity index (χ3v) is 3.44. The zero-order valence-electron chi connectivity index (χ0n) is 11.3. The van der Waals surface area contributed by atoms with E-state index in [-0.39, 0.29) is 6.42 Å². The summed E-state index contributed by atoms with van der Waals surface area (Å²) in [7, 11) is 2.11. The van der Waals surface area contributed by atoms with E-state index in [1.165, 1.54) is 11.3 Å². The van der Waals surface area contributed by atoms with Crippen LogP contribution in [-0.2, 0) is 24.3 Å². The van der Waals surface area contributed by atoms with Crippen molar-refractivity contribution in [2.75, 3.05) is 13.6 Å². The van der Waals surface area contributed by atoms with Crippen molar-refractivity contribution in [3.05, 3.63) is 17.0 Å². The highest BCUT2D eigenvalue weighted by atomic mass is 16.4. The number of rotatable bonds is 4. The second-order valence-electron chi connectivity index (χ2n) is 5.32. The number of likely N-dealkylation sites (N-methyl/N-ethyl adjacent to an activating group) is 1. The van der Waals surface area contributed by atoms with Crippen LogP contribution in [-0.4, -0.2) is 39.3 Å². The number of hydrogen-bond acceptors (Lipinski definition) is 3. The Hall–Kier alpha value is -1.36. The van der Waals surface area contributed by atoms with Crippen molar-refractivity contribution >= 4 is 5.97 Å². The van der Waals surface area contributed by atoms with Gasteiger partial charge in [0.2, 0.25) is 0 Å². The van der Waals surface area contributed by atoms with Gasteiger partial charge in [0.05, 0.1) is 18.7 Å². The first kappa shape index (κ1) is 13.1. The molecule has 1 aromatic heterocycles. The van der Waals surface area contributed by atoms with Crippen LogP contribution in [0.25, 0.3) is 0 Å². The van der Waals surface area contributed by atoms with E-state index in [4.69, 9.17) is 5.11 Å². The van der Waals surface area contributed by atoms with Crippen molar-refractivity contribution in [3.63, 3.8) is 0 Å². The molecule has 0 bridgehead atoms. The van der Waals surface area contributed by atoms with Gasteiger partial charge in [-0.2, -0.15) is 5.10 Å². The fourth-order valence-electron chi connectivity index (χ4n) is 2.50. The molecule has 1 aromatic rings. The predicted octanol–water partition coefficient (Wildman–Crippen LogP) is 1.47. The molecule has 100 valence electrons. The molecule has 5 heteroatoms. The smallest absolute Gasteiger partial charge is 0.305 e.